The molecule has 1 aliphatic rings. The molecule has 1 heterocycles. The van der Waals surface area contributed by atoms with E-state index in [2.05, 4.69) is 29.3 Å². The molecular weight excluding hydrogens is 240 g/mol. The van der Waals surface area contributed by atoms with Gasteiger partial charge in [0, 0.05) is 17.5 Å². The lowest BCUT2D eigenvalue weighted by molar-refractivity contribution is 0.452. The Kier molecular flexibility index (Phi) is 2.89. The molecule has 0 bridgehead atoms. The Labute approximate surface area is 111 Å². The number of hydrogen-bond donors (Lipinski definition) is 0. The number of aromatic nitrogens is 1. The van der Waals surface area contributed by atoms with E-state index in [1.807, 2.05) is 17.8 Å². The van der Waals surface area contributed by atoms with Gasteiger partial charge in [0.25, 0.3) is 0 Å². The quantitative estimate of drug-likeness (QED) is 0.822. The Morgan fingerprint density at radius 2 is 2.28 bits per heavy atom. The first kappa shape index (κ1) is 11.4. The number of fused-ring (bicyclic) bond motifs is 1. The van der Waals surface area contributed by atoms with Crippen molar-refractivity contribution >= 4 is 11.3 Å². The van der Waals surface area contributed by atoms with Crippen LogP contribution in [0.2, 0.25) is 0 Å². The maximum atomic E-state index is 9.72. The van der Waals surface area contributed by atoms with Crippen LogP contribution in [-0.2, 0) is 18.3 Å². The van der Waals surface area contributed by atoms with Gasteiger partial charge in [-0.1, -0.05) is 24.3 Å². The van der Waals surface area contributed by atoms with Crippen molar-refractivity contribution in [1.82, 2.24) is 4.98 Å². The maximum absolute atomic E-state index is 9.72. The molecule has 18 heavy (non-hydrogen) atoms. The van der Waals surface area contributed by atoms with E-state index in [-0.39, 0.29) is 5.41 Å². The van der Waals surface area contributed by atoms with E-state index in [1.165, 1.54) is 16.0 Å². The van der Waals surface area contributed by atoms with Gasteiger partial charge in [-0.3, -0.25) is 4.98 Å². The molecule has 0 fully saturated rings. The van der Waals surface area contributed by atoms with Crippen LogP contribution in [0.5, 0.6) is 0 Å². The average molecular weight is 254 g/mol. The summed E-state index contributed by atoms with van der Waals surface area (Å²) in [5, 5.41) is 9.72. The summed E-state index contributed by atoms with van der Waals surface area (Å²) in [6, 6.07) is 11.0. The third kappa shape index (κ3) is 1.83. The molecule has 1 unspecified atom stereocenters. The highest BCUT2D eigenvalue weighted by molar-refractivity contribution is 7.09. The van der Waals surface area contributed by atoms with E-state index in [9.17, 15) is 5.26 Å². The van der Waals surface area contributed by atoms with E-state index in [0.717, 1.165) is 25.7 Å². The van der Waals surface area contributed by atoms with Gasteiger partial charge < -0.3 is 0 Å². The predicted molar refractivity (Wildman–Crippen MR) is 72.5 cm³/mol. The molecule has 0 spiro atoms. The number of rotatable bonds is 2. The molecule has 3 heteroatoms. The second kappa shape index (κ2) is 4.55. The third-order valence-corrected chi connectivity index (χ3v) is 4.54. The summed E-state index contributed by atoms with van der Waals surface area (Å²) in [6.07, 6.45) is 5.84. The van der Waals surface area contributed by atoms with Gasteiger partial charge in [0.1, 0.15) is 0 Å². The van der Waals surface area contributed by atoms with Crippen molar-refractivity contribution in [3.63, 3.8) is 0 Å². The van der Waals surface area contributed by atoms with Crippen molar-refractivity contribution in [2.75, 3.05) is 0 Å². The summed E-state index contributed by atoms with van der Waals surface area (Å²) in [6.45, 7) is 0. The SMILES string of the molecule is N#CC1(Cc2cncs2)CCCc2ccccc21. The van der Waals surface area contributed by atoms with Crippen LogP contribution in [0.15, 0.2) is 36.0 Å². The summed E-state index contributed by atoms with van der Waals surface area (Å²) in [5.74, 6) is 0. The molecule has 0 amide bonds. The molecule has 1 atom stereocenters. The van der Waals surface area contributed by atoms with Gasteiger partial charge in [0.2, 0.25) is 0 Å². The standard InChI is InChI=1S/C15H14N2S/c16-10-15(8-13-9-17-11-18-13)7-3-5-12-4-1-2-6-14(12)15/h1-2,4,6,9,11H,3,5,7-8H2. The number of hydrogen-bond acceptors (Lipinski definition) is 3. The van der Waals surface area contributed by atoms with Crippen LogP contribution in [-0.4, -0.2) is 4.98 Å². The van der Waals surface area contributed by atoms with Gasteiger partial charge in [-0.2, -0.15) is 5.26 Å². The lowest BCUT2D eigenvalue weighted by Crippen LogP contribution is -2.31. The van der Waals surface area contributed by atoms with E-state index in [4.69, 9.17) is 0 Å². The van der Waals surface area contributed by atoms with E-state index in [0.29, 0.717) is 0 Å². The average Bonchev–Trinajstić information content (AvgIpc) is 2.92. The normalized spacial score (nSPS) is 22.2. The molecule has 0 aliphatic heterocycles. The van der Waals surface area contributed by atoms with Crippen molar-refractivity contribution in [2.45, 2.75) is 31.1 Å². The largest absolute Gasteiger partial charge is 0.253 e. The summed E-state index contributed by atoms with van der Waals surface area (Å²) < 4.78 is 0. The summed E-state index contributed by atoms with van der Waals surface area (Å²) in [4.78, 5) is 5.32. The number of benzene rings is 1. The Morgan fingerprint density at radius 3 is 3.06 bits per heavy atom. The molecular formula is C15H14N2S. The number of nitriles is 1. The zero-order valence-corrected chi connectivity index (χ0v) is 10.9. The molecule has 2 aromatic rings. The van der Waals surface area contributed by atoms with Crippen molar-refractivity contribution in [3.8, 4) is 6.07 Å². The van der Waals surface area contributed by atoms with Gasteiger partial charge in [-0.25, -0.2) is 0 Å². The lowest BCUT2D eigenvalue weighted by Gasteiger charge is -2.33. The van der Waals surface area contributed by atoms with Crippen molar-refractivity contribution in [3.05, 3.63) is 52.0 Å². The summed E-state index contributed by atoms with van der Waals surface area (Å²) in [5.41, 5.74) is 4.07. The number of aryl methyl sites for hydroxylation is 1. The van der Waals surface area contributed by atoms with Gasteiger partial charge in [0.05, 0.1) is 17.0 Å². The molecule has 1 aromatic heterocycles. The Hall–Kier alpha value is -1.66. The van der Waals surface area contributed by atoms with Gasteiger partial charge >= 0.3 is 0 Å². The molecule has 0 saturated heterocycles. The molecule has 1 aliphatic carbocycles. The molecule has 90 valence electrons. The zero-order valence-electron chi connectivity index (χ0n) is 10.1. The third-order valence-electron chi connectivity index (χ3n) is 3.76. The predicted octanol–water partition coefficient (Wildman–Crippen LogP) is 3.48. The Morgan fingerprint density at radius 1 is 1.39 bits per heavy atom. The minimum absolute atomic E-state index is 0.346. The number of thiazole rings is 1. The van der Waals surface area contributed by atoms with Gasteiger partial charge in [-0.15, -0.1) is 11.3 Å². The minimum Gasteiger partial charge on any atom is -0.253 e. The van der Waals surface area contributed by atoms with Crippen LogP contribution < -0.4 is 0 Å². The lowest BCUT2D eigenvalue weighted by atomic mass is 9.69. The topological polar surface area (TPSA) is 36.7 Å². The van der Waals surface area contributed by atoms with E-state index >= 15 is 0 Å². The molecule has 0 radical (unpaired) electrons. The molecule has 0 N–H and O–H groups in total. The fourth-order valence-electron chi connectivity index (χ4n) is 2.89. The summed E-state index contributed by atoms with van der Waals surface area (Å²) >= 11 is 1.64. The monoisotopic (exact) mass is 254 g/mol. The molecule has 2 nitrogen and oxygen atoms in total. The first-order valence-electron chi connectivity index (χ1n) is 6.21. The summed E-state index contributed by atoms with van der Waals surface area (Å²) in [7, 11) is 0. The molecule has 1 aromatic carbocycles. The Balaban J connectivity index is 2.05. The number of nitrogens with zero attached hydrogens (tertiary/aromatic N) is 2. The van der Waals surface area contributed by atoms with Crippen LogP contribution in [0.3, 0.4) is 0 Å². The van der Waals surface area contributed by atoms with E-state index in [1.54, 1.807) is 11.3 Å². The van der Waals surface area contributed by atoms with Crippen LogP contribution in [0.4, 0.5) is 0 Å². The molecule has 3 rings (SSSR count). The zero-order chi connectivity index (χ0) is 12.4. The minimum atomic E-state index is -0.346. The first-order chi connectivity index (χ1) is 8.84. The van der Waals surface area contributed by atoms with Crippen LogP contribution in [0.1, 0.15) is 28.8 Å². The van der Waals surface area contributed by atoms with Gasteiger partial charge in [-0.05, 0) is 30.4 Å². The second-order valence-corrected chi connectivity index (χ2v) is 5.82. The van der Waals surface area contributed by atoms with Crippen molar-refractivity contribution in [2.24, 2.45) is 0 Å². The highest BCUT2D eigenvalue weighted by Gasteiger charge is 2.37. The van der Waals surface area contributed by atoms with E-state index < -0.39 is 0 Å². The van der Waals surface area contributed by atoms with Crippen molar-refractivity contribution < 1.29 is 0 Å². The highest BCUT2D eigenvalue weighted by Crippen LogP contribution is 2.40. The fraction of sp³-hybridized carbons (Fsp3) is 0.333. The second-order valence-electron chi connectivity index (χ2n) is 4.85. The first-order valence-corrected chi connectivity index (χ1v) is 7.09. The van der Waals surface area contributed by atoms with Crippen LogP contribution in [0, 0.1) is 11.3 Å². The molecule has 0 saturated carbocycles. The maximum Gasteiger partial charge on any atom is 0.0873 e. The smallest absolute Gasteiger partial charge is 0.0873 e. The van der Waals surface area contributed by atoms with Crippen LogP contribution in [0.25, 0.3) is 0 Å². The van der Waals surface area contributed by atoms with Gasteiger partial charge in [0.15, 0.2) is 0 Å². The Bertz CT molecular complexity index is 583. The van der Waals surface area contributed by atoms with Crippen molar-refractivity contribution in [1.29, 1.82) is 5.26 Å². The van der Waals surface area contributed by atoms with Crippen LogP contribution >= 0.6 is 11.3 Å². The fourth-order valence-corrected chi connectivity index (χ4v) is 3.60. The highest BCUT2D eigenvalue weighted by atomic mass is 32.1.